The average molecular weight is 200 g/mol. The maximum atomic E-state index is 11.2. The molecule has 1 fully saturated rings. The van der Waals surface area contributed by atoms with Crippen molar-refractivity contribution < 1.29 is 14.7 Å². The van der Waals surface area contributed by atoms with E-state index in [2.05, 4.69) is 5.32 Å². The van der Waals surface area contributed by atoms with E-state index in [9.17, 15) is 9.59 Å². The third-order valence-electron chi connectivity index (χ3n) is 2.06. The molecular weight excluding hydrogens is 184 g/mol. The van der Waals surface area contributed by atoms with E-state index in [-0.39, 0.29) is 5.91 Å². The van der Waals surface area contributed by atoms with Crippen molar-refractivity contribution >= 4 is 11.9 Å². The quantitative estimate of drug-likeness (QED) is 0.646. The summed E-state index contributed by atoms with van der Waals surface area (Å²) < 4.78 is 0. The number of amides is 1. The highest BCUT2D eigenvalue weighted by atomic mass is 16.4. The number of nitrogens with zero attached hydrogens (tertiary/aromatic N) is 1. The van der Waals surface area contributed by atoms with Crippen molar-refractivity contribution in [3.63, 3.8) is 0 Å². The molecule has 0 radical (unpaired) electrons. The van der Waals surface area contributed by atoms with E-state index in [0.29, 0.717) is 19.0 Å². The molecule has 80 valence electrons. The number of carbonyl (C=O) groups is 2. The molecule has 0 spiro atoms. The minimum atomic E-state index is -0.966. The summed E-state index contributed by atoms with van der Waals surface area (Å²) in [6, 6.07) is -0.755. The first-order valence-electron chi connectivity index (χ1n) is 4.73. The summed E-state index contributed by atoms with van der Waals surface area (Å²) in [5.74, 6) is -0.730. The van der Waals surface area contributed by atoms with Gasteiger partial charge in [0.25, 0.3) is 0 Å². The number of nitrogens with one attached hydrogen (secondary N) is 1. The van der Waals surface area contributed by atoms with Gasteiger partial charge in [-0.15, -0.1) is 0 Å². The minimum absolute atomic E-state index is 0.204. The van der Waals surface area contributed by atoms with Gasteiger partial charge in [0.15, 0.2) is 0 Å². The van der Waals surface area contributed by atoms with E-state index in [1.807, 2.05) is 18.7 Å². The number of hydrogen-bond donors (Lipinski definition) is 2. The van der Waals surface area contributed by atoms with E-state index >= 15 is 0 Å². The molecule has 0 saturated carbocycles. The standard InChI is InChI=1S/C9H16N2O3/c1-6(2)3-11-4-7(9(13)14)10-8(12)5-11/h6-7H,3-5H2,1-2H3,(H,10,12)(H,13,14). The molecule has 1 unspecified atom stereocenters. The molecule has 1 aliphatic rings. The van der Waals surface area contributed by atoms with Gasteiger partial charge in [0.05, 0.1) is 6.54 Å². The summed E-state index contributed by atoms with van der Waals surface area (Å²) in [5.41, 5.74) is 0. The van der Waals surface area contributed by atoms with Crippen LogP contribution >= 0.6 is 0 Å². The number of piperazine rings is 1. The maximum absolute atomic E-state index is 11.2. The summed E-state index contributed by atoms with van der Waals surface area (Å²) in [7, 11) is 0. The molecule has 0 aliphatic carbocycles. The summed E-state index contributed by atoms with van der Waals surface area (Å²) in [5, 5.41) is 11.2. The lowest BCUT2D eigenvalue weighted by Gasteiger charge is -2.31. The number of aliphatic carboxylic acids is 1. The van der Waals surface area contributed by atoms with E-state index in [1.54, 1.807) is 0 Å². The summed E-state index contributed by atoms with van der Waals surface area (Å²) >= 11 is 0. The molecule has 0 aromatic carbocycles. The molecule has 1 saturated heterocycles. The lowest BCUT2D eigenvalue weighted by atomic mass is 10.1. The molecule has 5 heteroatoms. The summed E-state index contributed by atoms with van der Waals surface area (Å²) in [4.78, 5) is 23.7. The van der Waals surface area contributed by atoms with Gasteiger partial charge in [-0.25, -0.2) is 4.79 Å². The topological polar surface area (TPSA) is 69.6 Å². The molecule has 1 rings (SSSR count). The SMILES string of the molecule is CC(C)CN1CC(=O)NC(C(=O)O)C1. The molecule has 5 nitrogen and oxygen atoms in total. The van der Waals surface area contributed by atoms with Crippen LogP contribution in [0.25, 0.3) is 0 Å². The Hall–Kier alpha value is -1.10. The van der Waals surface area contributed by atoms with Crippen molar-refractivity contribution in [1.82, 2.24) is 10.2 Å². The van der Waals surface area contributed by atoms with E-state index in [4.69, 9.17) is 5.11 Å². The van der Waals surface area contributed by atoms with Crippen molar-refractivity contribution in [1.29, 1.82) is 0 Å². The van der Waals surface area contributed by atoms with E-state index in [0.717, 1.165) is 6.54 Å². The third kappa shape index (κ3) is 2.99. The first-order valence-corrected chi connectivity index (χ1v) is 4.73. The van der Waals surface area contributed by atoms with Crippen molar-refractivity contribution in [3.8, 4) is 0 Å². The zero-order valence-corrected chi connectivity index (χ0v) is 8.49. The van der Waals surface area contributed by atoms with Gasteiger partial charge in [0.1, 0.15) is 6.04 Å². The second-order valence-electron chi connectivity index (χ2n) is 4.05. The lowest BCUT2D eigenvalue weighted by molar-refractivity contribution is -0.144. The van der Waals surface area contributed by atoms with Crippen LogP contribution in [-0.2, 0) is 9.59 Å². The molecule has 0 bridgehead atoms. The average Bonchev–Trinajstić information content (AvgIpc) is 2.01. The zero-order chi connectivity index (χ0) is 10.7. The summed E-state index contributed by atoms with van der Waals surface area (Å²) in [6.07, 6.45) is 0. The number of rotatable bonds is 3. The number of carbonyl (C=O) groups excluding carboxylic acids is 1. The zero-order valence-electron chi connectivity index (χ0n) is 8.49. The molecule has 1 amide bonds. The molecular formula is C9H16N2O3. The Balaban J connectivity index is 2.54. The Kier molecular flexibility index (Phi) is 3.46. The normalized spacial score (nSPS) is 23.6. The van der Waals surface area contributed by atoms with Crippen molar-refractivity contribution in [2.75, 3.05) is 19.6 Å². The van der Waals surface area contributed by atoms with Gasteiger partial charge in [0, 0.05) is 13.1 Å². The fraction of sp³-hybridized carbons (Fsp3) is 0.778. The molecule has 1 atom stereocenters. The number of carboxylic acids is 1. The van der Waals surface area contributed by atoms with Crippen LogP contribution in [-0.4, -0.2) is 47.6 Å². The first kappa shape index (κ1) is 11.0. The van der Waals surface area contributed by atoms with Crippen LogP contribution in [0, 0.1) is 5.92 Å². The van der Waals surface area contributed by atoms with Crippen LogP contribution in [0.3, 0.4) is 0 Å². The van der Waals surface area contributed by atoms with E-state index < -0.39 is 12.0 Å². The third-order valence-corrected chi connectivity index (χ3v) is 2.06. The number of hydrogen-bond acceptors (Lipinski definition) is 3. The van der Waals surface area contributed by atoms with Crippen LogP contribution in [0.15, 0.2) is 0 Å². The number of carboxylic acid groups (broad SMARTS) is 1. The monoisotopic (exact) mass is 200 g/mol. The van der Waals surface area contributed by atoms with Crippen LogP contribution in [0.4, 0.5) is 0 Å². The Bertz CT molecular complexity index is 240. The molecule has 2 N–H and O–H groups in total. The van der Waals surface area contributed by atoms with Crippen LogP contribution in [0.5, 0.6) is 0 Å². The molecule has 1 aliphatic heterocycles. The molecule has 0 aromatic rings. The smallest absolute Gasteiger partial charge is 0.327 e. The van der Waals surface area contributed by atoms with Gasteiger partial charge in [-0.3, -0.25) is 9.69 Å². The highest BCUT2D eigenvalue weighted by Gasteiger charge is 2.29. The Morgan fingerprint density at radius 2 is 2.36 bits per heavy atom. The largest absolute Gasteiger partial charge is 0.480 e. The second-order valence-corrected chi connectivity index (χ2v) is 4.05. The predicted molar refractivity (Wildman–Crippen MR) is 50.8 cm³/mol. The molecule has 14 heavy (non-hydrogen) atoms. The molecule has 0 aromatic heterocycles. The van der Waals surface area contributed by atoms with Crippen LogP contribution in [0.2, 0.25) is 0 Å². The van der Waals surface area contributed by atoms with E-state index in [1.165, 1.54) is 0 Å². The second kappa shape index (κ2) is 4.41. The van der Waals surface area contributed by atoms with Gasteiger partial charge < -0.3 is 10.4 Å². The van der Waals surface area contributed by atoms with Gasteiger partial charge >= 0.3 is 5.97 Å². The Morgan fingerprint density at radius 3 is 2.86 bits per heavy atom. The van der Waals surface area contributed by atoms with Crippen molar-refractivity contribution in [2.24, 2.45) is 5.92 Å². The minimum Gasteiger partial charge on any atom is -0.480 e. The lowest BCUT2D eigenvalue weighted by Crippen LogP contribution is -2.57. The van der Waals surface area contributed by atoms with Gasteiger partial charge in [-0.1, -0.05) is 13.8 Å². The summed E-state index contributed by atoms with van der Waals surface area (Å²) in [6.45, 7) is 5.56. The first-order chi connectivity index (χ1) is 6.49. The Morgan fingerprint density at radius 1 is 1.71 bits per heavy atom. The van der Waals surface area contributed by atoms with Crippen LogP contribution < -0.4 is 5.32 Å². The van der Waals surface area contributed by atoms with Crippen LogP contribution in [0.1, 0.15) is 13.8 Å². The molecule has 1 heterocycles. The highest BCUT2D eigenvalue weighted by Crippen LogP contribution is 2.04. The van der Waals surface area contributed by atoms with Crippen molar-refractivity contribution in [2.45, 2.75) is 19.9 Å². The fourth-order valence-electron chi connectivity index (χ4n) is 1.61. The fourth-order valence-corrected chi connectivity index (χ4v) is 1.61. The van der Waals surface area contributed by atoms with Gasteiger partial charge in [0.2, 0.25) is 5.91 Å². The van der Waals surface area contributed by atoms with Gasteiger partial charge in [-0.05, 0) is 5.92 Å². The van der Waals surface area contributed by atoms with Crippen molar-refractivity contribution in [3.05, 3.63) is 0 Å². The maximum Gasteiger partial charge on any atom is 0.327 e. The highest BCUT2D eigenvalue weighted by molar-refractivity contribution is 5.86. The van der Waals surface area contributed by atoms with Gasteiger partial charge in [-0.2, -0.15) is 0 Å². The predicted octanol–water partition coefficient (Wildman–Crippen LogP) is -0.473. The Labute approximate surface area is 83.1 Å².